The zero-order valence-corrected chi connectivity index (χ0v) is 8.23. The summed E-state index contributed by atoms with van der Waals surface area (Å²) < 4.78 is 5.31. The lowest BCUT2D eigenvalue weighted by molar-refractivity contribution is 0.195. The zero-order valence-electron chi connectivity index (χ0n) is 8.23. The normalized spacial score (nSPS) is 20.9. The van der Waals surface area contributed by atoms with Gasteiger partial charge in [-0.15, -0.1) is 0 Å². The Morgan fingerprint density at radius 1 is 1.33 bits per heavy atom. The summed E-state index contributed by atoms with van der Waals surface area (Å²) in [7, 11) is 0. The van der Waals surface area contributed by atoms with E-state index in [0.29, 0.717) is 6.04 Å². The van der Waals surface area contributed by atoms with E-state index in [-0.39, 0.29) is 0 Å². The lowest BCUT2D eigenvalue weighted by Gasteiger charge is -2.11. The maximum absolute atomic E-state index is 5.31. The Labute approximate surface area is 86.8 Å². The van der Waals surface area contributed by atoms with Gasteiger partial charge in [0.15, 0.2) is 0 Å². The van der Waals surface area contributed by atoms with Crippen LogP contribution in [0.2, 0.25) is 0 Å². The number of fused-ring (bicyclic) bond motifs is 1. The molecule has 15 heavy (non-hydrogen) atoms. The number of H-pyrrole nitrogens is 1. The number of rotatable bonds is 2. The van der Waals surface area contributed by atoms with Crippen LogP contribution in [0.25, 0.3) is 11.0 Å². The number of hydrogen-bond acceptors (Lipinski definition) is 4. The molecule has 0 saturated carbocycles. The van der Waals surface area contributed by atoms with Crippen molar-refractivity contribution in [2.45, 2.75) is 12.5 Å². The predicted octanol–water partition coefficient (Wildman–Crippen LogP) is 1.16. The van der Waals surface area contributed by atoms with Gasteiger partial charge in [-0.05, 0) is 24.6 Å². The summed E-state index contributed by atoms with van der Waals surface area (Å²) in [5.41, 5.74) is 2.86. The summed E-state index contributed by atoms with van der Waals surface area (Å²) in [6.45, 7) is 1.64. The third-order valence-corrected chi connectivity index (χ3v) is 2.62. The minimum absolute atomic E-state index is 0.425. The molecule has 5 heteroatoms. The van der Waals surface area contributed by atoms with Crippen LogP contribution < -0.4 is 5.32 Å². The van der Waals surface area contributed by atoms with Crippen molar-refractivity contribution >= 4 is 16.7 Å². The van der Waals surface area contributed by atoms with Gasteiger partial charge in [0.1, 0.15) is 11.0 Å². The van der Waals surface area contributed by atoms with E-state index in [1.807, 2.05) is 18.2 Å². The van der Waals surface area contributed by atoms with Crippen molar-refractivity contribution in [1.82, 2.24) is 15.4 Å². The maximum Gasteiger partial charge on any atom is 0.115 e. The van der Waals surface area contributed by atoms with E-state index in [9.17, 15) is 0 Å². The van der Waals surface area contributed by atoms with Gasteiger partial charge in [-0.3, -0.25) is 0 Å². The summed E-state index contributed by atoms with van der Waals surface area (Å²) in [4.78, 5) is 0. The lowest BCUT2D eigenvalue weighted by Crippen LogP contribution is -2.18. The number of anilines is 1. The number of hydrogen-bond donors (Lipinski definition) is 2. The van der Waals surface area contributed by atoms with Gasteiger partial charge in [0.2, 0.25) is 0 Å². The van der Waals surface area contributed by atoms with E-state index in [0.717, 1.165) is 36.4 Å². The van der Waals surface area contributed by atoms with E-state index in [1.165, 1.54) is 0 Å². The third-order valence-electron chi connectivity index (χ3n) is 2.62. The number of aromatic amines is 1. The Morgan fingerprint density at radius 2 is 2.27 bits per heavy atom. The Morgan fingerprint density at radius 3 is 3.13 bits per heavy atom. The molecular weight excluding hydrogens is 192 g/mol. The molecule has 1 aromatic carbocycles. The zero-order chi connectivity index (χ0) is 10.1. The van der Waals surface area contributed by atoms with E-state index < -0.39 is 0 Å². The molecular formula is C10H12N4O. The van der Waals surface area contributed by atoms with Crippen LogP contribution in [0.1, 0.15) is 6.42 Å². The van der Waals surface area contributed by atoms with E-state index in [4.69, 9.17) is 4.74 Å². The first-order valence-electron chi connectivity index (χ1n) is 5.06. The second-order valence-electron chi connectivity index (χ2n) is 3.73. The highest BCUT2D eigenvalue weighted by Crippen LogP contribution is 2.17. The summed E-state index contributed by atoms with van der Waals surface area (Å²) >= 11 is 0. The van der Waals surface area contributed by atoms with Crippen LogP contribution in [0.5, 0.6) is 0 Å². The Hall–Kier alpha value is -1.62. The molecule has 0 amide bonds. The molecule has 1 unspecified atom stereocenters. The molecule has 78 valence electrons. The van der Waals surface area contributed by atoms with Crippen molar-refractivity contribution in [1.29, 1.82) is 0 Å². The SMILES string of the molecule is c1cc2n[nH]nc2cc1NC1CCOC1. The van der Waals surface area contributed by atoms with Gasteiger partial charge in [-0.1, -0.05) is 0 Å². The average Bonchev–Trinajstić information content (AvgIpc) is 2.87. The molecule has 2 aromatic rings. The van der Waals surface area contributed by atoms with Crippen LogP contribution in [0.15, 0.2) is 18.2 Å². The van der Waals surface area contributed by atoms with E-state index in [2.05, 4.69) is 20.7 Å². The quantitative estimate of drug-likeness (QED) is 0.770. The van der Waals surface area contributed by atoms with Gasteiger partial charge in [0, 0.05) is 12.3 Å². The van der Waals surface area contributed by atoms with Crippen molar-refractivity contribution < 1.29 is 4.74 Å². The van der Waals surface area contributed by atoms with Crippen molar-refractivity contribution in [3.05, 3.63) is 18.2 Å². The Kier molecular flexibility index (Phi) is 2.03. The van der Waals surface area contributed by atoms with Gasteiger partial charge in [-0.2, -0.15) is 15.4 Å². The van der Waals surface area contributed by atoms with Crippen molar-refractivity contribution in [2.24, 2.45) is 0 Å². The molecule has 0 radical (unpaired) electrons. The molecule has 0 aliphatic carbocycles. The topological polar surface area (TPSA) is 62.8 Å². The highest BCUT2D eigenvalue weighted by molar-refractivity contribution is 5.77. The average molecular weight is 204 g/mol. The molecule has 2 heterocycles. The predicted molar refractivity (Wildman–Crippen MR) is 56.7 cm³/mol. The van der Waals surface area contributed by atoms with Crippen LogP contribution in [0.3, 0.4) is 0 Å². The second kappa shape index (κ2) is 3.51. The standard InChI is InChI=1S/C10H12N4O/c1-2-9-10(13-14-12-9)5-7(1)11-8-3-4-15-6-8/h1-2,5,8,11H,3-4,6H2,(H,12,13,14). The first kappa shape index (κ1) is 8.67. The monoisotopic (exact) mass is 204 g/mol. The second-order valence-corrected chi connectivity index (χ2v) is 3.73. The highest BCUT2D eigenvalue weighted by Gasteiger charge is 2.15. The van der Waals surface area contributed by atoms with Crippen LogP contribution in [0, 0.1) is 0 Å². The summed E-state index contributed by atoms with van der Waals surface area (Å²) in [5, 5.41) is 14.1. The molecule has 1 aliphatic rings. The number of aromatic nitrogens is 3. The van der Waals surface area contributed by atoms with Crippen molar-refractivity contribution in [2.75, 3.05) is 18.5 Å². The van der Waals surface area contributed by atoms with Gasteiger partial charge in [0.25, 0.3) is 0 Å². The summed E-state index contributed by atoms with van der Waals surface area (Å²) in [5.74, 6) is 0. The minimum Gasteiger partial charge on any atom is -0.380 e. The third kappa shape index (κ3) is 1.66. The van der Waals surface area contributed by atoms with Gasteiger partial charge >= 0.3 is 0 Å². The Balaban J connectivity index is 1.84. The molecule has 1 fully saturated rings. The summed E-state index contributed by atoms with van der Waals surface area (Å²) in [6.07, 6.45) is 1.07. The van der Waals surface area contributed by atoms with Crippen molar-refractivity contribution in [3.8, 4) is 0 Å². The smallest absolute Gasteiger partial charge is 0.115 e. The fourth-order valence-electron chi connectivity index (χ4n) is 1.81. The summed E-state index contributed by atoms with van der Waals surface area (Å²) in [6, 6.07) is 6.39. The van der Waals surface area contributed by atoms with E-state index in [1.54, 1.807) is 0 Å². The molecule has 1 aromatic heterocycles. The Bertz CT molecular complexity index is 461. The molecule has 3 rings (SSSR count). The highest BCUT2D eigenvalue weighted by atomic mass is 16.5. The first-order valence-corrected chi connectivity index (χ1v) is 5.06. The largest absolute Gasteiger partial charge is 0.380 e. The minimum atomic E-state index is 0.425. The molecule has 2 N–H and O–H groups in total. The fourth-order valence-corrected chi connectivity index (χ4v) is 1.81. The molecule has 1 aliphatic heterocycles. The molecule has 1 atom stereocenters. The van der Waals surface area contributed by atoms with Gasteiger partial charge < -0.3 is 10.1 Å². The first-order chi connectivity index (χ1) is 7.42. The number of nitrogens with one attached hydrogen (secondary N) is 2. The molecule has 0 bridgehead atoms. The molecule has 1 saturated heterocycles. The lowest BCUT2D eigenvalue weighted by atomic mass is 10.2. The molecule has 0 spiro atoms. The fraction of sp³-hybridized carbons (Fsp3) is 0.400. The number of ether oxygens (including phenoxy) is 1. The number of nitrogens with zero attached hydrogens (tertiary/aromatic N) is 2. The maximum atomic E-state index is 5.31. The van der Waals surface area contributed by atoms with Crippen LogP contribution >= 0.6 is 0 Å². The van der Waals surface area contributed by atoms with Crippen LogP contribution in [0.4, 0.5) is 5.69 Å². The van der Waals surface area contributed by atoms with Crippen LogP contribution in [-0.4, -0.2) is 34.7 Å². The molecule has 5 nitrogen and oxygen atoms in total. The van der Waals surface area contributed by atoms with E-state index >= 15 is 0 Å². The van der Waals surface area contributed by atoms with Crippen LogP contribution in [-0.2, 0) is 4.74 Å². The van der Waals surface area contributed by atoms with Gasteiger partial charge in [0.05, 0.1) is 12.6 Å². The van der Waals surface area contributed by atoms with Gasteiger partial charge in [-0.25, -0.2) is 0 Å². The van der Waals surface area contributed by atoms with Crippen molar-refractivity contribution in [3.63, 3.8) is 0 Å². The number of benzene rings is 1.